The first-order valence-electron chi connectivity index (χ1n) is 5.54. The number of carbonyl (C=O) groups is 1. The number of azide groups is 1. The van der Waals surface area contributed by atoms with E-state index in [1.807, 2.05) is 0 Å². The van der Waals surface area contributed by atoms with E-state index in [0.29, 0.717) is 5.92 Å². The van der Waals surface area contributed by atoms with Crippen molar-refractivity contribution in [1.29, 1.82) is 0 Å². The van der Waals surface area contributed by atoms with Gasteiger partial charge in [0.05, 0.1) is 0 Å². The Balaban J connectivity index is 2.41. The Hall–Kier alpha value is -1.22. The van der Waals surface area contributed by atoms with E-state index in [1.165, 1.54) is 32.1 Å². The van der Waals surface area contributed by atoms with Gasteiger partial charge in [-0.1, -0.05) is 37.2 Å². The third-order valence-electron chi connectivity index (χ3n) is 3.11. The maximum Gasteiger partial charge on any atom is 0.220 e. The molecule has 0 aromatic rings. The quantitative estimate of drug-likeness (QED) is 0.421. The Labute approximate surface area is 89.7 Å². The Kier molecular flexibility index (Phi) is 4.98. The molecule has 84 valence electrons. The number of rotatable bonds is 5. The van der Waals surface area contributed by atoms with Crippen LogP contribution in [0.3, 0.4) is 0 Å². The van der Waals surface area contributed by atoms with Crippen LogP contribution < -0.4 is 5.73 Å². The lowest BCUT2D eigenvalue weighted by Crippen LogP contribution is -2.28. The van der Waals surface area contributed by atoms with Crippen molar-refractivity contribution in [3.05, 3.63) is 10.4 Å². The van der Waals surface area contributed by atoms with Crippen molar-refractivity contribution in [2.45, 2.75) is 38.5 Å². The topological polar surface area (TPSA) is 91.8 Å². The van der Waals surface area contributed by atoms with E-state index in [1.54, 1.807) is 0 Å². The lowest BCUT2D eigenvalue weighted by Gasteiger charge is -2.24. The first-order valence-corrected chi connectivity index (χ1v) is 5.54. The summed E-state index contributed by atoms with van der Waals surface area (Å²) >= 11 is 0. The van der Waals surface area contributed by atoms with Crippen molar-refractivity contribution in [2.75, 3.05) is 6.54 Å². The molecular formula is C10H18N4O. The predicted octanol–water partition coefficient (Wildman–Crippen LogP) is 2.37. The van der Waals surface area contributed by atoms with Crippen molar-refractivity contribution in [1.82, 2.24) is 0 Å². The zero-order chi connectivity index (χ0) is 11.1. The summed E-state index contributed by atoms with van der Waals surface area (Å²) in [6, 6.07) is 0. The van der Waals surface area contributed by atoms with Gasteiger partial charge in [-0.2, -0.15) is 0 Å². The minimum atomic E-state index is -0.340. The van der Waals surface area contributed by atoms with Gasteiger partial charge in [0.1, 0.15) is 0 Å². The normalized spacial score (nSPS) is 19.2. The molecule has 0 bridgehead atoms. The molecule has 1 aliphatic carbocycles. The molecule has 0 aliphatic heterocycles. The van der Waals surface area contributed by atoms with Crippen molar-refractivity contribution in [3.63, 3.8) is 0 Å². The molecule has 15 heavy (non-hydrogen) atoms. The smallest absolute Gasteiger partial charge is 0.220 e. The van der Waals surface area contributed by atoms with Crippen molar-refractivity contribution in [3.8, 4) is 0 Å². The first-order chi connectivity index (χ1) is 7.24. The molecule has 5 heteroatoms. The lowest BCUT2D eigenvalue weighted by molar-refractivity contribution is -0.122. The summed E-state index contributed by atoms with van der Waals surface area (Å²) in [6.07, 6.45) is 6.94. The molecule has 0 radical (unpaired) electrons. The summed E-state index contributed by atoms with van der Waals surface area (Å²) in [7, 11) is 0. The summed E-state index contributed by atoms with van der Waals surface area (Å²) in [4.78, 5) is 13.8. The van der Waals surface area contributed by atoms with Gasteiger partial charge in [0.25, 0.3) is 0 Å². The molecular weight excluding hydrogens is 192 g/mol. The van der Waals surface area contributed by atoms with Gasteiger partial charge in [-0.25, -0.2) is 0 Å². The lowest BCUT2D eigenvalue weighted by atomic mass is 9.82. The summed E-state index contributed by atoms with van der Waals surface area (Å²) in [5.74, 6) is -0.0258. The van der Waals surface area contributed by atoms with Crippen LogP contribution in [0.1, 0.15) is 38.5 Å². The van der Waals surface area contributed by atoms with Gasteiger partial charge in [0.15, 0.2) is 0 Å². The van der Waals surface area contributed by atoms with Gasteiger partial charge >= 0.3 is 0 Å². The number of nitrogens with two attached hydrogens (primary N) is 1. The fourth-order valence-corrected chi connectivity index (χ4v) is 2.24. The van der Waals surface area contributed by atoms with Crippen LogP contribution in [-0.4, -0.2) is 12.5 Å². The fraction of sp³-hybridized carbons (Fsp3) is 0.900. The molecule has 0 heterocycles. The van der Waals surface area contributed by atoms with Gasteiger partial charge in [0.2, 0.25) is 5.91 Å². The highest BCUT2D eigenvalue weighted by molar-refractivity contribution is 5.76. The van der Waals surface area contributed by atoms with E-state index in [-0.39, 0.29) is 18.4 Å². The zero-order valence-corrected chi connectivity index (χ0v) is 8.93. The van der Waals surface area contributed by atoms with Crippen molar-refractivity contribution >= 4 is 5.91 Å². The Morgan fingerprint density at radius 1 is 1.47 bits per heavy atom. The molecule has 0 saturated heterocycles. The van der Waals surface area contributed by atoms with Gasteiger partial charge in [0, 0.05) is 17.4 Å². The van der Waals surface area contributed by atoms with Crippen LogP contribution in [0.15, 0.2) is 5.11 Å². The highest BCUT2D eigenvalue weighted by Crippen LogP contribution is 2.29. The second-order valence-electron chi connectivity index (χ2n) is 4.25. The van der Waals surface area contributed by atoms with Crippen molar-refractivity contribution < 1.29 is 4.79 Å². The number of hydrogen-bond acceptors (Lipinski definition) is 2. The van der Waals surface area contributed by atoms with Crippen LogP contribution in [0.4, 0.5) is 0 Å². The third-order valence-corrected chi connectivity index (χ3v) is 3.11. The van der Waals surface area contributed by atoms with E-state index in [4.69, 9.17) is 11.3 Å². The third kappa shape index (κ3) is 4.21. The average molecular weight is 210 g/mol. The minimum Gasteiger partial charge on any atom is -0.369 e. The summed E-state index contributed by atoms with van der Waals surface area (Å²) < 4.78 is 0. The molecule has 1 fully saturated rings. The average Bonchev–Trinajstić information content (AvgIpc) is 2.25. The maximum absolute atomic E-state index is 11.1. The molecule has 0 spiro atoms. The molecule has 1 atom stereocenters. The molecule has 0 aromatic carbocycles. The molecule has 0 unspecified atom stereocenters. The molecule has 5 nitrogen and oxygen atoms in total. The monoisotopic (exact) mass is 210 g/mol. The van der Waals surface area contributed by atoms with Gasteiger partial charge in [-0.3, -0.25) is 4.79 Å². The SMILES string of the molecule is [N-]=[N+]=NC[C@H](CC1CCCCC1)C(N)=O. The van der Waals surface area contributed by atoms with Crippen LogP contribution in [-0.2, 0) is 4.79 Å². The molecule has 1 aliphatic rings. The highest BCUT2D eigenvalue weighted by atomic mass is 16.1. The molecule has 2 N–H and O–H groups in total. The zero-order valence-electron chi connectivity index (χ0n) is 8.93. The minimum absolute atomic E-state index is 0.211. The van der Waals surface area contributed by atoms with E-state index in [2.05, 4.69) is 10.0 Å². The van der Waals surface area contributed by atoms with E-state index >= 15 is 0 Å². The van der Waals surface area contributed by atoms with Crippen molar-refractivity contribution in [2.24, 2.45) is 22.7 Å². The standard InChI is InChI=1S/C10H18N4O/c11-10(15)9(7-13-14-12)6-8-4-2-1-3-5-8/h8-9H,1-7H2,(H2,11,15)/t9-/m0/s1. The molecule has 1 saturated carbocycles. The molecule has 1 amide bonds. The van der Waals surface area contributed by atoms with E-state index < -0.39 is 0 Å². The van der Waals surface area contributed by atoms with Crippen LogP contribution >= 0.6 is 0 Å². The van der Waals surface area contributed by atoms with Gasteiger partial charge in [-0.05, 0) is 17.9 Å². The number of amides is 1. The van der Waals surface area contributed by atoms with Crippen LogP contribution in [0.5, 0.6) is 0 Å². The van der Waals surface area contributed by atoms with E-state index in [0.717, 1.165) is 6.42 Å². The van der Waals surface area contributed by atoms with Crippen LogP contribution in [0.2, 0.25) is 0 Å². The number of hydrogen-bond donors (Lipinski definition) is 1. The fourth-order valence-electron chi connectivity index (χ4n) is 2.24. The van der Waals surface area contributed by atoms with Gasteiger partial charge < -0.3 is 5.73 Å². The number of carbonyl (C=O) groups excluding carboxylic acids is 1. The molecule has 0 aromatic heterocycles. The Bertz CT molecular complexity index is 254. The van der Waals surface area contributed by atoms with Crippen LogP contribution in [0, 0.1) is 11.8 Å². The largest absolute Gasteiger partial charge is 0.369 e. The summed E-state index contributed by atoms with van der Waals surface area (Å²) in [6.45, 7) is 0.211. The first kappa shape index (κ1) is 11.9. The number of primary amides is 1. The summed E-state index contributed by atoms with van der Waals surface area (Å²) in [5.41, 5.74) is 13.5. The number of nitrogens with zero attached hydrogens (tertiary/aromatic N) is 3. The Morgan fingerprint density at radius 3 is 2.67 bits per heavy atom. The Morgan fingerprint density at radius 2 is 2.13 bits per heavy atom. The molecule has 1 rings (SSSR count). The summed E-state index contributed by atoms with van der Waals surface area (Å²) in [5, 5.41) is 3.44. The maximum atomic E-state index is 11.1. The second kappa shape index (κ2) is 6.30. The van der Waals surface area contributed by atoms with Crippen LogP contribution in [0.25, 0.3) is 10.4 Å². The highest BCUT2D eigenvalue weighted by Gasteiger charge is 2.21. The van der Waals surface area contributed by atoms with E-state index in [9.17, 15) is 4.79 Å². The second-order valence-corrected chi connectivity index (χ2v) is 4.25. The van der Waals surface area contributed by atoms with Gasteiger partial charge in [-0.15, -0.1) is 0 Å². The predicted molar refractivity (Wildman–Crippen MR) is 57.9 cm³/mol.